The standard InChI is InChI=1S/C23H39N3O2/c1-23(2)14-19(13-20(15-23)21(16-24)17-25)4-3-18-5-7-22(8-6-18)26(9-11-27)10-12-28/h18-22,27-28H,3-15H2,1-2H3/t18?,19?,20-,22?/m0/s1. The van der Waals surface area contributed by atoms with Crippen LogP contribution in [0.4, 0.5) is 0 Å². The molecule has 0 aromatic heterocycles. The van der Waals surface area contributed by atoms with E-state index >= 15 is 0 Å². The van der Waals surface area contributed by atoms with Crippen LogP contribution in [0.5, 0.6) is 0 Å². The first-order chi connectivity index (χ1) is 13.4. The van der Waals surface area contributed by atoms with Crippen LogP contribution in [0.3, 0.4) is 0 Å². The van der Waals surface area contributed by atoms with Gasteiger partial charge in [0.05, 0.1) is 25.4 Å². The van der Waals surface area contributed by atoms with E-state index < -0.39 is 5.92 Å². The molecule has 0 radical (unpaired) electrons. The quantitative estimate of drug-likeness (QED) is 0.627. The van der Waals surface area contributed by atoms with E-state index in [0.717, 1.165) is 31.6 Å². The summed E-state index contributed by atoms with van der Waals surface area (Å²) < 4.78 is 0. The highest BCUT2D eigenvalue weighted by atomic mass is 16.3. The Balaban J connectivity index is 1.81. The lowest BCUT2D eigenvalue weighted by atomic mass is 9.63. The van der Waals surface area contributed by atoms with Gasteiger partial charge in [-0.15, -0.1) is 0 Å². The van der Waals surface area contributed by atoms with Crippen LogP contribution in [-0.4, -0.2) is 47.5 Å². The van der Waals surface area contributed by atoms with E-state index in [1.807, 2.05) is 0 Å². The molecule has 0 aliphatic heterocycles. The van der Waals surface area contributed by atoms with E-state index in [1.54, 1.807) is 0 Å². The monoisotopic (exact) mass is 389 g/mol. The highest BCUT2D eigenvalue weighted by Crippen LogP contribution is 2.46. The molecule has 0 aromatic rings. The average molecular weight is 390 g/mol. The van der Waals surface area contributed by atoms with Gasteiger partial charge in [-0.1, -0.05) is 26.7 Å². The zero-order valence-corrected chi connectivity index (χ0v) is 17.8. The largest absolute Gasteiger partial charge is 0.395 e. The molecule has 0 bridgehead atoms. The van der Waals surface area contributed by atoms with Gasteiger partial charge in [-0.2, -0.15) is 10.5 Å². The Morgan fingerprint density at radius 1 is 0.929 bits per heavy atom. The Labute approximate surface area is 171 Å². The first-order valence-electron chi connectivity index (χ1n) is 11.2. The van der Waals surface area contributed by atoms with Gasteiger partial charge >= 0.3 is 0 Å². The summed E-state index contributed by atoms with van der Waals surface area (Å²) >= 11 is 0. The van der Waals surface area contributed by atoms with Gasteiger partial charge in [-0.3, -0.25) is 4.90 Å². The van der Waals surface area contributed by atoms with Gasteiger partial charge in [-0.05, 0) is 68.1 Å². The van der Waals surface area contributed by atoms with Gasteiger partial charge in [0.2, 0.25) is 0 Å². The maximum absolute atomic E-state index is 9.31. The lowest BCUT2D eigenvalue weighted by Gasteiger charge is -2.41. The molecule has 0 amide bonds. The predicted octanol–water partition coefficient (Wildman–Crippen LogP) is 3.72. The maximum Gasteiger partial charge on any atom is 0.136 e. The van der Waals surface area contributed by atoms with Crippen LogP contribution in [0.15, 0.2) is 0 Å². The summed E-state index contributed by atoms with van der Waals surface area (Å²) in [6, 6.07) is 4.94. The molecule has 2 N–H and O–H groups in total. The molecule has 0 aromatic carbocycles. The van der Waals surface area contributed by atoms with E-state index in [1.165, 1.54) is 32.1 Å². The van der Waals surface area contributed by atoms with Gasteiger partial charge in [0.25, 0.3) is 0 Å². The molecule has 2 fully saturated rings. The second-order valence-electron chi connectivity index (χ2n) is 9.91. The maximum atomic E-state index is 9.31. The molecule has 5 heteroatoms. The van der Waals surface area contributed by atoms with Crippen LogP contribution in [-0.2, 0) is 0 Å². The molecule has 28 heavy (non-hydrogen) atoms. The van der Waals surface area contributed by atoms with Crippen molar-refractivity contribution in [1.82, 2.24) is 4.90 Å². The zero-order chi connectivity index (χ0) is 20.6. The number of nitriles is 2. The van der Waals surface area contributed by atoms with E-state index in [-0.39, 0.29) is 24.5 Å². The fourth-order valence-corrected chi connectivity index (χ4v) is 5.89. The molecule has 1 unspecified atom stereocenters. The van der Waals surface area contributed by atoms with Gasteiger partial charge < -0.3 is 10.2 Å². The first-order valence-corrected chi connectivity index (χ1v) is 11.2. The molecule has 0 heterocycles. The molecular weight excluding hydrogens is 350 g/mol. The smallest absolute Gasteiger partial charge is 0.136 e. The van der Waals surface area contributed by atoms with Crippen molar-refractivity contribution in [2.45, 2.75) is 77.7 Å². The lowest BCUT2D eigenvalue weighted by molar-refractivity contribution is 0.0814. The second-order valence-corrected chi connectivity index (χ2v) is 9.91. The van der Waals surface area contributed by atoms with Gasteiger partial charge in [0.1, 0.15) is 5.92 Å². The normalized spacial score (nSPS) is 30.1. The molecule has 158 valence electrons. The molecule has 2 rings (SSSR count). The third-order valence-corrected chi connectivity index (χ3v) is 7.13. The second kappa shape index (κ2) is 11.1. The molecule has 0 saturated heterocycles. The van der Waals surface area contributed by atoms with E-state index in [9.17, 15) is 20.7 Å². The minimum absolute atomic E-state index is 0.158. The number of hydrogen-bond acceptors (Lipinski definition) is 5. The number of aliphatic hydroxyl groups is 2. The number of rotatable bonds is 9. The van der Waals surface area contributed by atoms with Crippen molar-refractivity contribution in [2.24, 2.45) is 29.1 Å². The third kappa shape index (κ3) is 6.73. The molecule has 2 saturated carbocycles. The van der Waals surface area contributed by atoms with Gasteiger partial charge in [0, 0.05) is 19.1 Å². The van der Waals surface area contributed by atoms with Crippen LogP contribution >= 0.6 is 0 Å². The van der Waals surface area contributed by atoms with Crippen molar-refractivity contribution in [3.05, 3.63) is 0 Å². The van der Waals surface area contributed by atoms with E-state index in [2.05, 4.69) is 30.9 Å². The van der Waals surface area contributed by atoms with E-state index in [0.29, 0.717) is 25.0 Å². The SMILES string of the molecule is CC1(C)CC(CCC2CCC(N(CCO)CCO)CC2)C[C@H](C(C#N)C#N)C1. The zero-order valence-electron chi connectivity index (χ0n) is 17.8. The van der Waals surface area contributed by atoms with Crippen LogP contribution in [0.25, 0.3) is 0 Å². The Hall–Kier alpha value is -1.14. The van der Waals surface area contributed by atoms with Gasteiger partial charge in [-0.25, -0.2) is 0 Å². The molecule has 0 spiro atoms. The summed E-state index contributed by atoms with van der Waals surface area (Å²) in [4.78, 5) is 2.24. The third-order valence-electron chi connectivity index (χ3n) is 7.13. The summed E-state index contributed by atoms with van der Waals surface area (Å²) in [5.41, 5.74) is 0.228. The van der Waals surface area contributed by atoms with Crippen LogP contribution < -0.4 is 0 Å². The fraction of sp³-hybridized carbons (Fsp3) is 0.913. The topological polar surface area (TPSA) is 91.3 Å². The lowest BCUT2D eigenvalue weighted by Crippen LogP contribution is -2.41. The molecule has 2 aliphatic carbocycles. The molecule has 5 nitrogen and oxygen atoms in total. The summed E-state index contributed by atoms with van der Waals surface area (Å²) in [6.45, 7) is 6.22. The Morgan fingerprint density at radius 2 is 1.50 bits per heavy atom. The number of hydrogen-bond donors (Lipinski definition) is 2. The summed E-state index contributed by atoms with van der Waals surface area (Å²) in [6.07, 6.45) is 10.5. The van der Waals surface area contributed by atoms with Crippen molar-refractivity contribution in [2.75, 3.05) is 26.3 Å². The minimum atomic E-state index is -0.457. The number of nitrogens with zero attached hydrogens (tertiary/aromatic N) is 3. The molecule has 2 aliphatic rings. The van der Waals surface area contributed by atoms with Gasteiger partial charge in [0.15, 0.2) is 0 Å². The highest BCUT2D eigenvalue weighted by molar-refractivity contribution is 5.05. The highest BCUT2D eigenvalue weighted by Gasteiger charge is 2.38. The summed E-state index contributed by atoms with van der Waals surface area (Å²) in [5.74, 6) is 1.18. The van der Waals surface area contributed by atoms with Crippen molar-refractivity contribution in [3.8, 4) is 12.1 Å². The van der Waals surface area contributed by atoms with Crippen molar-refractivity contribution in [1.29, 1.82) is 10.5 Å². The average Bonchev–Trinajstić information content (AvgIpc) is 2.66. The number of aliphatic hydroxyl groups excluding tert-OH is 2. The fourth-order valence-electron chi connectivity index (χ4n) is 5.89. The van der Waals surface area contributed by atoms with Crippen LogP contribution in [0.2, 0.25) is 0 Å². The summed E-state index contributed by atoms with van der Waals surface area (Å²) in [5, 5.41) is 37.1. The predicted molar refractivity (Wildman–Crippen MR) is 110 cm³/mol. The van der Waals surface area contributed by atoms with Crippen molar-refractivity contribution >= 4 is 0 Å². The van der Waals surface area contributed by atoms with Crippen molar-refractivity contribution in [3.63, 3.8) is 0 Å². The molecule has 2 atom stereocenters. The summed E-state index contributed by atoms with van der Waals surface area (Å²) in [7, 11) is 0. The Morgan fingerprint density at radius 3 is 2.04 bits per heavy atom. The minimum Gasteiger partial charge on any atom is -0.395 e. The Bertz CT molecular complexity index is 523. The first kappa shape index (κ1) is 23.1. The van der Waals surface area contributed by atoms with Crippen LogP contribution in [0, 0.1) is 51.7 Å². The Kier molecular flexibility index (Phi) is 9.22. The van der Waals surface area contributed by atoms with E-state index in [4.69, 9.17) is 0 Å². The molecular formula is C23H39N3O2. The van der Waals surface area contributed by atoms with Crippen molar-refractivity contribution < 1.29 is 10.2 Å². The van der Waals surface area contributed by atoms with Crippen LogP contribution in [0.1, 0.15) is 71.6 Å².